The molecule has 1 unspecified atom stereocenters. The average molecular weight is 263 g/mol. The van der Waals surface area contributed by atoms with Crippen LogP contribution in [0.25, 0.3) is 0 Å². The molecule has 0 fully saturated rings. The molecule has 9 heteroatoms. The van der Waals surface area contributed by atoms with Crippen molar-refractivity contribution < 1.29 is 18.0 Å². The smallest absolute Gasteiger partial charge is 0.348 e. The van der Waals surface area contributed by atoms with Gasteiger partial charge in [-0.15, -0.1) is 0 Å². The van der Waals surface area contributed by atoms with E-state index in [1.165, 1.54) is 13.1 Å². The van der Waals surface area contributed by atoms with Crippen molar-refractivity contribution >= 4 is 11.7 Å². The molecule has 1 amide bonds. The Labute approximate surface area is 101 Å². The van der Waals surface area contributed by atoms with Gasteiger partial charge in [-0.1, -0.05) is 0 Å². The molecule has 1 heterocycles. The Morgan fingerprint density at radius 3 is 2.56 bits per heavy atom. The first-order valence-electron chi connectivity index (χ1n) is 4.98. The third-order valence-corrected chi connectivity index (χ3v) is 1.95. The summed E-state index contributed by atoms with van der Waals surface area (Å²) in [6.07, 6.45) is -3.12. The predicted octanol–water partition coefficient (Wildman–Crippen LogP) is 0.833. The van der Waals surface area contributed by atoms with Crippen LogP contribution >= 0.6 is 0 Å². The van der Waals surface area contributed by atoms with E-state index >= 15 is 0 Å². The van der Waals surface area contributed by atoms with E-state index in [1.54, 1.807) is 0 Å². The number of hydrogen-bond donors (Lipinski definition) is 3. The van der Waals surface area contributed by atoms with Crippen molar-refractivity contribution in [2.75, 3.05) is 5.43 Å². The molecular formula is C9H12F3N5O. The average Bonchev–Trinajstić information content (AvgIpc) is 2.26. The molecule has 0 aliphatic carbocycles. The number of anilines is 1. The molecule has 18 heavy (non-hydrogen) atoms. The lowest BCUT2D eigenvalue weighted by Crippen LogP contribution is -2.36. The minimum absolute atomic E-state index is 0.0805. The van der Waals surface area contributed by atoms with Gasteiger partial charge < -0.3 is 10.7 Å². The summed E-state index contributed by atoms with van der Waals surface area (Å²) in [5.41, 5.74) is 2.13. The first-order chi connectivity index (χ1) is 8.31. The number of amides is 1. The molecule has 0 saturated heterocycles. The molecule has 0 aromatic carbocycles. The highest BCUT2D eigenvalue weighted by Crippen LogP contribution is 2.21. The Balaban J connectivity index is 2.59. The summed E-state index contributed by atoms with van der Waals surface area (Å²) in [5, 5.41) is 2.18. The van der Waals surface area contributed by atoms with E-state index in [-0.39, 0.29) is 11.5 Å². The van der Waals surface area contributed by atoms with Gasteiger partial charge in [-0.2, -0.15) is 13.2 Å². The van der Waals surface area contributed by atoms with Crippen molar-refractivity contribution in [3.63, 3.8) is 0 Å². The number of nitrogens with one attached hydrogen (secondary N) is 2. The van der Waals surface area contributed by atoms with Gasteiger partial charge >= 0.3 is 6.18 Å². The van der Waals surface area contributed by atoms with Crippen LogP contribution in [-0.2, 0) is 0 Å². The highest BCUT2D eigenvalue weighted by atomic mass is 19.4. The van der Waals surface area contributed by atoms with Gasteiger partial charge in [-0.25, -0.2) is 15.8 Å². The number of nitrogens with zero attached hydrogens (tertiary/aromatic N) is 2. The lowest BCUT2D eigenvalue weighted by molar-refractivity contribution is -0.138. The number of rotatable bonds is 4. The van der Waals surface area contributed by atoms with Crippen LogP contribution in [-0.4, -0.2) is 28.1 Å². The van der Waals surface area contributed by atoms with Gasteiger partial charge in [0.05, 0.1) is 18.8 Å². The highest BCUT2D eigenvalue weighted by Gasteiger charge is 2.30. The standard InChI is InChI=1S/C9H12F3N5O/c1-5(2-9(10,11)12)16-8(18)6-3-15-7(17-13)4-14-6/h3-5H,2,13H2,1H3,(H,15,17)(H,16,18). The molecule has 100 valence electrons. The molecule has 1 atom stereocenters. The molecule has 1 rings (SSSR count). The quantitative estimate of drug-likeness (QED) is 0.552. The normalized spacial score (nSPS) is 12.9. The molecule has 0 aliphatic rings. The van der Waals surface area contributed by atoms with Crippen molar-refractivity contribution in [2.45, 2.75) is 25.6 Å². The largest absolute Gasteiger partial charge is 0.391 e. The summed E-state index contributed by atoms with van der Waals surface area (Å²) >= 11 is 0. The summed E-state index contributed by atoms with van der Waals surface area (Å²) in [6, 6.07) is -1.04. The van der Waals surface area contributed by atoms with E-state index in [0.29, 0.717) is 0 Å². The lowest BCUT2D eigenvalue weighted by atomic mass is 10.2. The number of aromatic nitrogens is 2. The van der Waals surface area contributed by atoms with Gasteiger partial charge in [-0.3, -0.25) is 4.79 Å². The molecular weight excluding hydrogens is 251 g/mol. The van der Waals surface area contributed by atoms with Crippen LogP contribution in [0.4, 0.5) is 19.0 Å². The summed E-state index contributed by atoms with van der Waals surface area (Å²) in [4.78, 5) is 18.9. The van der Waals surface area contributed by atoms with Crippen LogP contribution in [0.15, 0.2) is 12.4 Å². The number of carbonyl (C=O) groups is 1. The minimum Gasteiger partial charge on any atom is -0.348 e. The molecule has 1 aromatic rings. The lowest BCUT2D eigenvalue weighted by Gasteiger charge is -2.15. The second kappa shape index (κ2) is 5.63. The van der Waals surface area contributed by atoms with E-state index < -0.39 is 24.5 Å². The van der Waals surface area contributed by atoms with Crippen LogP contribution in [0.3, 0.4) is 0 Å². The van der Waals surface area contributed by atoms with E-state index in [0.717, 1.165) is 6.20 Å². The van der Waals surface area contributed by atoms with E-state index in [2.05, 4.69) is 20.7 Å². The Morgan fingerprint density at radius 2 is 2.11 bits per heavy atom. The van der Waals surface area contributed by atoms with Gasteiger partial charge in [-0.05, 0) is 6.92 Å². The number of nitrogen functional groups attached to an aromatic ring is 1. The summed E-state index contributed by atoms with van der Waals surface area (Å²) in [6.45, 7) is 1.26. The molecule has 6 nitrogen and oxygen atoms in total. The van der Waals surface area contributed by atoms with Crippen molar-refractivity contribution in [3.8, 4) is 0 Å². The maximum absolute atomic E-state index is 12.1. The molecule has 1 aromatic heterocycles. The SMILES string of the molecule is CC(CC(F)(F)F)NC(=O)c1cnc(NN)cn1. The van der Waals surface area contributed by atoms with E-state index in [1.807, 2.05) is 0 Å². The van der Waals surface area contributed by atoms with E-state index in [9.17, 15) is 18.0 Å². The maximum atomic E-state index is 12.1. The number of hydrazine groups is 1. The van der Waals surface area contributed by atoms with Crippen molar-refractivity contribution in [1.29, 1.82) is 0 Å². The molecule has 0 aliphatic heterocycles. The number of alkyl halides is 3. The molecule has 0 saturated carbocycles. The number of halogens is 3. The molecule has 0 radical (unpaired) electrons. The van der Waals surface area contributed by atoms with Gasteiger partial charge in [0.1, 0.15) is 5.69 Å². The third kappa shape index (κ3) is 4.53. The first kappa shape index (κ1) is 14.2. The van der Waals surface area contributed by atoms with Gasteiger partial charge in [0.15, 0.2) is 5.82 Å². The van der Waals surface area contributed by atoms with Crippen LogP contribution < -0.4 is 16.6 Å². The van der Waals surface area contributed by atoms with Crippen LogP contribution in [0.1, 0.15) is 23.8 Å². The van der Waals surface area contributed by atoms with Gasteiger partial charge in [0.2, 0.25) is 0 Å². The number of carbonyl (C=O) groups excluding carboxylic acids is 1. The maximum Gasteiger partial charge on any atom is 0.391 e. The van der Waals surface area contributed by atoms with Gasteiger partial charge in [0, 0.05) is 6.04 Å². The monoisotopic (exact) mass is 263 g/mol. The highest BCUT2D eigenvalue weighted by molar-refractivity contribution is 5.92. The number of hydrogen-bond acceptors (Lipinski definition) is 5. The molecule has 0 spiro atoms. The Kier molecular flexibility index (Phi) is 4.43. The fraction of sp³-hybridized carbons (Fsp3) is 0.444. The predicted molar refractivity (Wildman–Crippen MR) is 57.4 cm³/mol. The van der Waals surface area contributed by atoms with Crippen LogP contribution in [0.2, 0.25) is 0 Å². The third-order valence-electron chi connectivity index (χ3n) is 1.95. The molecule has 0 bridgehead atoms. The topological polar surface area (TPSA) is 92.9 Å². The van der Waals surface area contributed by atoms with Crippen molar-refractivity contribution in [2.24, 2.45) is 5.84 Å². The fourth-order valence-electron chi connectivity index (χ4n) is 1.22. The fourth-order valence-corrected chi connectivity index (χ4v) is 1.22. The second-order valence-corrected chi connectivity index (χ2v) is 3.63. The number of nitrogens with two attached hydrogens (primary N) is 1. The zero-order valence-electron chi connectivity index (χ0n) is 9.45. The van der Waals surface area contributed by atoms with Crippen molar-refractivity contribution in [1.82, 2.24) is 15.3 Å². The Hall–Kier alpha value is -1.90. The minimum atomic E-state index is -4.33. The Morgan fingerprint density at radius 1 is 1.44 bits per heavy atom. The Bertz CT molecular complexity index is 406. The second-order valence-electron chi connectivity index (χ2n) is 3.63. The zero-order valence-corrected chi connectivity index (χ0v) is 9.45. The zero-order chi connectivity index (χ0) is 13.8. The summed E-state index contributed by atoms with van der Waals surface area (Å²) in [7, 11) is 0. The molecule has 4 N–H and O–H groups in total. The van der Waals surface area contributed by atoms with Crippen LogP contribution in [0, 0.1) is 0 Å². The van der Waals surface area contributed by atoms with Gasteiger partial charge in [0.25, 0.3) is 5.91 Å². The summed E-state index contributed by atoms with van der Waals surface area (Å²) in [5.74, 6) is 4.57. The van der Waals surface area contributed by atoms with E-state index in [4.69, 9.17) is 5.84 Å². The first-order valence-corrected chi connectivity index (χ1v) is 4.98. The summed E-state index contributed by atoms with van der Waals surface area (Å²) < 4.78 is 36.2. The van der Waals surface area contributed by atoms with Crippen LogP contribution in [0.5, 0.6) is 0 Å². The van der Waals surface area contributed by atoms with Crippen molar-refractivity contribution in [3.05, 3.63) is 18.1 Å².